The Labute approximate surface area is 99.3 Å². The van der Waals surface area contributed by atoms with Crippen molar-refractivity contribution in [3.05, 3.63) is 0 Å². The molecule has 0 saturated carbocycles. The maximum Gasteiger partial charge on any atom is 0.0590 e. The fourth-order valence-electron chi connectivity index (χ4n) is 1.98. The molecular weight excluding hydrogens is 204 g/mol. The van der Waals surface area contributed by atoms with E-state index in [0.717, 1.165) is 46.1 Å². The van der Waals surface area contributed by atoms with E-state index in [1.807, 2.05) is 6.92 Å². The van der Waals surface area contributed by atoms with Gasteiger partial charge in [-0.3, -0.25) is 0 Å². The first-order valence-corrected chi connectivity index (χ1v) is 6.41. The number of likely N-dealkylation sites (N-methyl/N-ethyl adjacent to an activating group) is 1. The van der Waals surface area contributed by atoms with Crippen molar-refractivity contribution in [2.75, 3.05) is 53.1 Å². The molecule has 1 N–H and O–H groups in total. The van der Waals surface area contributed by atoms with Crippen LogP contribution in [0.2, 0.25) is 0 Å². The molecule has 1 saturated heterocycles. The summed E-state index contributed by atoms with van der Waals surface area (Å²) in [5.41, 5.74) is 0. The zero-order valence-corrected chi connectivity index (χ0v) is 10.7. The van der Waals surface area contributed by atoms with E-state index >= 15 is 0 Å². The molecule has 16 heavy (non-hydrogen) atoms. The van der Waals surface area contributed by atoms with E-state index in [9.17, 15) is 0 Å². The van der Waals surface area contributed by atoms with Crippen LogP contribution in [0, 0.1) is 0 Å². The lowest BCUT2D eigenvalue weighted by molar-refractivity contribution is 0.0432. The van der Waals surface area contributed by atoms with Gasteiger partial charge >= 0.3 is 0 Å². The van der Waals surface area contributed by atoms with E-state index in [4.69, 9.17) is 9.47 Å². The minimum atomic E-state index is 0.711. The zero-order chi connectivity index (χ0) is 11.6. The normalized spacial score (nSPS) is 18.2. The van der Waals surface area contributed by atoms with Gasteiger partial charge in [-0.1, -0.05) is 0 Å². The highest BCUT2D eigenvalue weighted by atomic mass is 16.5. The van der Waals surface area contributed by atoms with Gasteiger partial charge in [0.05, 0.1) is 6.61 Å². The topological polar surface area (TPSA) is 33.7 Å². The van der Waals surface area contributed by atoms with Crippen LogP contribution in [0.15, 0.2) is 0 Å². The van der Waals surface area contributed by atoms with E-state index < -0.39 is 0 Å². The van der Waals surface area contributed by atoms with Gasteiger partial charge in [0.15, 0.2) is 0 Å². The van der Waals surface area contributed by atoms with Crippen LogP contribution in [0.5, 0.6) is 0 Å². The van der Waals surface area contributed by atoms with Gasteiger partial charge in [0, 0.05) is 45.5 Å². The second kappa shape index (κ2) is 8.93. The lowest BCUT2D eigenvalue weighted by Gasteiger charge is -2.31. The average Bonchev–Trinajstić information content (AvgIpc) is 2.34. The Morgan fingerprint density at radius 2 is 2.06 bits per heavy atom. The maximum absolute atomic E-state index is 5.36. The number of hydrogen-bond donors (Lipinski definition) is 1. The molecule has 4 heteroatoms. The third-order valence-corrected chi connectivity index (χ3v) is 3.08. The number of ether oxygens (including phenoxy) is 2. The summed E-state index contributed by atoms with van der Waals surface area (Å²) in [6.07, 6.45) is 2.35. The molecule has 1 heterocycles. The molecule has 4 nitrogen and oxygen atoms in total. The molecule has 0 spiro atoms. The molecule has 0 radical (unpaired) electrons. The Bertz CT molecular complexity index is 161. The van der Waals surface area contributed by atoms with Crippen LogP contribution in [0.25, 0.3) is 0 Å². The Morgan fingerprint density at radius 3 is 2.75 bits per heavy atom. The first-order valence-electron chi connectivity index (χ1n) is 6.41. The third-order valence-electron chi connectivity index (χ3n) is 3.08. The van der Waals surface area contributed by atoms with Crippen molar-refractivity contribution in [3.8, 4) is 0 Å². The summed E-state index contributed by atoms with van der Waals surface area (Å²) in [5, 5.41) is 3.39. The van der Waals surface area contributed by atoms with Gasteiger partial charge in [-0.25, -0.2) is 0 Å². The summed E-state index contributed by atoms with van der Waals surface area (Å²) >= 11 is 0. The monoisotopic (exact) mass is 230 g/mol. The Morgan fingerprint density at radius 1 is 1.31 bits per heavy atom. The Balaban J connectivity index is 1.94. The first kappa shape index (κ1) is 13.9. The molecule has 96 valence electrons. The quantitative estimate of drug-likeness (QED) is 0.623. The molecule has 0 aromatic rings. The first-order chi connectivity index (χ1) is 7.84. The molecule has 0 amide bonds. The standard InChI is InChI=1S/C12H26N2O2/c1-3-15-11-7-13-6-8-14(2)12-4-9-16-10-5-12/h12-13H,3-11H2,1-2H3. The Kier molecular flexibility index (Phi) is 7.76. The second-order valence-electron chi connectivity index (χ2n) is 4.27. The molecule has 1 aliphatic heterocycles. The van der Waals surface area contributed by atoms with Gasteiger partial charge < -0.3 is 19.7 Å². The molecular formula is C12H26N2O2. The van der Waals surface area contributed by atoms with Gasteiger partial charge in [0.1, 0.15) is 0 Å². The average molecular weight is 230 g/mol. The van der Waals surface area contributed by atoms with Crippen molar-refractivity contribution >= 4 is 0 Å². The lowest BCUT2D eigenvalue weighted by Crippen LogP contribution is -2.40. The summed E-state index contributed by atoms with van der Waals surface area (Å²) in [6.45, 7) is 8.60. The number of nitrogens with zero attached hydrogens (tertiary/aromatic N) is 1. The molecule has 0 aromatic carbocycles. The van der Waals surface area contributed by atoms with Crippen LogP contribution in [-0.2, 0) is 9.47 Å². The Hall–Kier alpha value is -0.160. The second-order valence-corrected chi connectivity index (χ2v) is 4.27. The van der Waals surface area contributed by atoms with Crippen molar-refractivity contribution in [2.45, 2.75) is 25.8 Å². The van der Waals surface area contributed by atoms with Gasteiger partial charge in [-0.2, -0.15) is 0 Å². The molecule has 1 aliphatic rings. The smallest absolute Gasteiger partial charge is 0.0590 e. The summed E-state index contributed by atoms with van der Waals surface area (Å²) < 4.78 is 10.6. The number of rotatable bonds is 8. The predicted octanol–water partition coefficient (Wildman–Crippen LogP) is 0.723. The maximum atomic E-state index is 5.36. The van der Waals surface area contributed by atoms with Gasteiger partial charge in [-0.15, -0.1) is 0 Å². The molecule has 1 fully saturated rings. The number of nitrogens with one attached hydrogen (secondary N) is 1. The molecule has 0 unspecified atom stereocenters. The molecule has 0 bridgehead atoms. The van der Waals surface area contributed by atoms with Crippen LogP contribution in [-0.4, -0.2) is 64.1 Å². The molecule has 0 atom stereocenters. The van der Waals surface area contributed by atoms with Crippen molar-refractivity contribution < 1.29 is 9.47 Å². The summed E-state index contributed by atoms with van der Waals surface area (Å²) in [7, 11) is 2.21. The van der Waals surface area contributed by atoms with Gasteiger partial charge in [-0.05, 0) is 26.8 Å². The summed E-state index contributed by atoms with van der Waals surface area (Å²) in [4.78, 5) is 2.44. The highest BCUT2D eigenvalue weighted by molar-refractivity contribution is 4.72. The fraction of sp³-hybridized carbons (Fsp3) is 1.00. The predicted molar refractivity (Wildman–Crippen MR) is 65.8 cm³/mol. The molecule has 0 aliphatic carbocycles. The van der Waals surface area contributed by atoms with E-state index in [1.165, 1.54) is 12.8 Å². The van der Waals surface area contributed by atoms with Crippen LogP contribution < -0.4 is 5.32 Å². The minimum Gasteiger partial charge on any atom is -0.381 e. The van der Waals surface area contributed by atoms with E-state index in [0.29, 0.717) is 6.04 Å². The zero-order valence-electron chi connectivity index (χ0n) is 10.7. The fourth-order valence-corrected chi connectivity index (χ4v) is 1.98. The molecule has 1 rings (SSSR count). The highest BCUT2D eigenvalue weighted by Gasteiger charge is 2.17. The van der Waals surface area contributed by atoms with Crippen LogP contribution in [0.3, 0.4) is 0 Å². The van der Waals surface area contributed by atoms with E-state index in [1.54, 1.807) is 0 Å². The van der Waals surface area contributed by atoms with Crippen molar-refractivity contribution in [3.63, 3.8) is 0 Å². The van der Waals surface area contributed by atoms with Crippen LogP contribution in [0.4, 0.5) is 0 Å². The SMILES string of the molecule is CCOCCNCCN(C)C1CCOCC1. The van der Waals surface area contributed by atoms with E-state index in [-0.39, 0.29) is 0 Å². The molecule has 0 aromatic heterocycles. The van der Waals surface area contributed by atoms with Crippen molar-refractivity contribution in [1.82, 2.24) is 10.2 Å². The lowest BCUT2D eigenvalue weighted by atomic mass is 10.1. The van der Waals surface area contributed by atoms with Gasteiger partial charge in [0.2, 0.25) is 0 Å². The minimum absolute atomic E-state index is 0.711. The third kappa shape index (κ3) is 5.80. The van der Waals surface area contributed by atoms with Gasteiger partial charge in [0.25, 0.3) is 0 Å². The van der Waals surface area contributed by atoms with Crippen LogP contribution in [0.1, 0.15) is 19.8 Å². The highest BCUT2D eigenvalue weighted by Crippen LogP contribution is 2.11. The van der Waals surface area contributed by atoms with Crippen molar-refractivity contribution in [1.29, 1.82) is 0 Å². The summed E-state index contributed by atoms with van der Waals surface area (Å²) in [6, 6.07) is 0.711. The van der Waals surface area contributed by atoms with E-state index in [2.05, 4.69) is 17.3 Å². The van der Waals surface area contributed by atoms with Crippen molar-refractivity contribution in [2.24, 2.45) is 0 Å². The summed E-state index contributed by atoms with van der Waals surface area (Å²) in [5.74, 6) is 0. The number of hydrogen-bond acceptors (Lipinski definition) is 4. The van der Waals surface area contributed by atoms with Crippen LogP contribution >= 0.6 is 0 Å². The largest absolute Gasteiger partial charge is 0.381 e.